The minimum Gasteiger partial charge on any atom is -0.477 e. The predicted molar refractivity (Wildman–Crippen MR) is 67.3 cm³/mol. The smallest absolute Gasteiger partial charge is 0.392 e. The molecule has 0 aromatic carbocycles. The van der Waals surface area contributed by atoms with E-state index in [2.05, 4.69) is 9.97 Å². The molecule has 2 rings (SSSR count). The van der Waals surface area contributed by atoms with Crippen molar-refractivity contribution in [1.82, 2.24) is 9.97 Å². The number of carbonyl (C=O) groups is 1. The average Bonchev–Trinajstić information content (AvgIpc) is 2.36. The van der Waals surface area contributed by atoms with Crippen molar-refractivity contribution in [2.24, 2.45) is 5.92 Å². The number of carboxylic acid groups (broad SMARTS) is 1. The third-order valence-electron chi connectivity index (χ3n) is 3.87. The summed E-state index contributed by atoms with van der Waals surface area (Å²) < 4.78 is 39.2. The first-order chi connectivity index (χ1) is 9.71. The van der Waals surface area contributed by atoms with Gasteiger partial charge in [-0.3, -0.25) is 4.79 Å². The van der Waals surface area contributed by atoms with Crippen LogP contribution in [0.1, 0.15) is 53.5 Å². The van der Waals surface area contributed by atoms with Gasteiger partial charge < -0.3 is 10.1 Å². The normalized spacial score (nSPS) is 23.0. The van der Waals surface area contributed by atoms with E-state index in [0.29, 0.717) is 12.8 Å². The van der Waals surface area contributed by atoms with E-state index in [0.717, 1.165) is 0 Å². The number of rotatable bonds is 2. The lowest BCUT2D eigenvalue weighted by molar-refractivity contribution is -0.187. The Hall–Kier alpha value is -1.86. The van der Waals surface area contributed by atoms with Gasteiger partial charge in [0.05, 0.1) is 11.6 Å². The Morgan fingerprint density at radius 3 is 2.48 bits per heavy atom. The molecule has 0 saturated heterocycles. The minimum atomic E-state index is -4.36. The van der Waals surface area contributed by atoms with Gasteiger partial charge >= 0.3 is 12.1 Å². The van der Waals surface area contributed by atoms with E-state index < -0.39 is 35.1 Å². The first-order valence-corrected chi connectivity index (χ1v) is 6.62. The lowest BCUT2D eigenvalue weighted by Gasteiger charge is -2.32. The Morgan fingerprint density at radius 1 is 1.33 bits per heavy atom. The molecule has 116 valence electrons. The van der Waals surface area contributed by atoms with Gasteiger partial charge in [0.2, 0.25) is 0 Å². The van der Waals surface area contributed by atoms with Crippen LogP contribution in [-0.4, -0.2) is 27.2 Å². The van der Waals surface area contributed by atoms with Crippen molar-refractivity contribution >= 4 is 5.97 Å². The van der Waals surface area contributed by atoms with Crippen LogP contribution < -0.4 is 5.56 Å². The second kappa shape index (κ2) is 5.50. The van der Waals surface area contributed by atoms with Gasteiger partial charge in [-0.1, -0.05) is 12.8 Å². The molecule has 1 fully saturated rings. The van der Waals surface area contributed by atoms with E-state index in [9.17, 15) is 22.8 Å². The number of aryl methyl sites for hydroxylation is 1. The number of aromatic carboxylic acids is 1. The maximum absolute atomic E-state index is 13.1. The zero-order valence-electron chi connectivity index (χ0n) is 11.3. The second-order valence-corrected chi connectivity index (χ2v) is 5.26. The SMILES string of the molecule is Cc1nc(C2CCCCC2C(F)(F)F)[nH]c(=O)c1C(=O)O. The van der Waals surface area contributed by atoms with Crippen LogP contribution in [0, 0.1) is 12.8 Å². The Labute approximate surface area is 118 Å². The Kier molecular flexibility index (Phi) is 4.06. The van der Waals surface area contributed by atoms with Crippen LogP contribution in [0.2, 0.25) is 0 Å². The minimum absolute atomic E-state index is 0.00237. The Balaban J connectivity index is 2.45. The Bertz CT molecular complexity index is 610. The molecular weight excluding hydrogens is 289 g/mol. The largest absolute Gasteiger partial charge is 0.477 e. The zero-order valence-corrected chi connectivity index (χ0v) is 11.3. The zero-order chi connectivity index (χ0) is 15.8. The van der Waals surface area contributed by atoms with Gasteiger partial charge in [0, 0.05) is 5.92 Å². The van der Waals surface area contributed by atoms with Crippen LogP contribution in [0.15, 0.2) is 4.79 Å². The number of alkyl halides is 3. The van der Waals surface area contributed by atoms with Crippen molar-refractivity contribution < 1.29 is 23.1 Å². The molecule has 1 aromatic heterocycles. The fourth-order valence-electron chi connectivity index (χ4n) is 2.89. The fraction of sp³-hybridized carbons (Fsp3) is 0.615. The molecule has 0 spiro atoms. The summed E-state index contributed by atoms with van der Waals surface area (Å²) in [6, 6.07) is 0. The summed E-state index contributed by atoms with van der Waals surface area (Å²) in [4.78, 5) is 28.8. The van der Waals surface area contributed by atoms with Gasteiger partial charge in [-0.2, -0.15) is 13.2 Å². The van der Waals surface area contributed by atoms with E-state index in [1.54, 1.807) is 0 Å². The quantitative estimate of drug-likeness (QED) is 0.879. The molecule has 1 saturated carbocycles. The Morgan fingerprint density at radius 2 is 1.95 bits per heavy atom. The summed E-state index contributed by atoms with van der Waals surface area (Å²) >= 11 is 0. The molecule has 1 aliphatic rings. The molecule has 0 bridgehead atoms. The number of carboxylic acids is 1. The summed E-state index contributed by atoms with van der Waals surface area (Å²) in [7, 11) is 0. The van der Waals surface area contributed by atoms with Crippen LogP contribution in [0.5, 0.6) is 0 Å². The van der Waals surface area contributed by atoms with Gasteiger partial charge in [-0.05, 0) is 19.8 Å². The van der Waals surface area contributed by atoms with Gasteiger partial charge in [-0.15, -0.1) is 0 Å². The van der Waals surface area contributed by atoms with Crippen molar-refractivity contribution in [2.45, 2.75) is 44.7 Å². The fourth-order valence-corrected chi connectivity index (χ4v) is 2.89. The van der Waals surface area contributed by atoms with Crippen LogP contribution >= 0.6 is 0 Å². The molecule has 0 amide bonds. The number of hydrogen-bond acceptors (Lipinski definition) is 3. The topological polar surface area (TPSA) is 83.0 Å². The molecule has 5 nitrogen and oxygen atoms in total. The second-order valence-electron chi connectivity index (χ2n) is 5.26. The van der Waals surface area contributed by atoms with Crippen molar-refractivity contribution in [1.29, 1.82) is 0 Å². The molecular formula is C13H15F3N2O3. The molecule has 1 aliphatic carbocycles. The van der Waals surface area contributed by atoms with Gasteiger partial charge in [0.1, 0.15) is 11.4 Å². The highest BCUT2D eigenvalue weighted by atomic mass is 19.4. The molecule has 1 heterocycles. The van der Waals surface area contributed by atoms with Crippen molar-refractivity contribution in [2.75, 3.05) is 0 Å². The summed E-state index contributed by atoms with van der Waals surface area (Å²) in [6.45, 7) is 1.31. The number of H-pyrrole nitrogens is 1. The molecule has 2 unspecified atom stereocenters. The number of halogens is 3. The first kappa shape index (κ1) is 15.5. The highest BCUT2D eigenvalue weighted by Gasteiger charge is 2.46. The van der Waals surface area contributed by atoms with Crippen molar-refractivity contribution in [3.63, 3.8) is 0 Å². The number of aromatic nitrogens is 2. The first-order valence-electron chi connectivity index (χ1n) is 6.62. The number of aromatic amines is 1. The molecule has 1 aromatic rings. The van der Waals surface area contributed by atoms with Crippen molar-refractivity contribution in [3.8, 4) is 0 Å². The predicted octanol–water partition coefficient (Wildman–Crippen LogP) is 2.61. The maximum Gasteiger partial charge on any atom is 0.392 e. The monoisotopic (exact) mass is 304 g/mol. The summed E-state index contributed by atoms with van der Waals surface area (Å²) in [5, 5.41) is 8.89. The van der Waals surface area contributed by atoms with E-state index in [1.165, 1.54) is 6.92 Å². The number of nitrogens with zero attached hydrogens (tertiary/aromatic N) is 1. The number of hydrogen-bond donors (Lipinski definition) is 2. The van der Waals surface area contributed by atoms with E-state index in [-0.39, 0.29) is 24.4 Å². The van der Waals surface area contributed by atoms with Crippen LogP contribution in [0.3, 0.4) is 0 Å². The molecule has 0 aliphatic heterocycles. The third-order valence-corrected chi connectivity index (χ3v) is 3.87. The summed E-state index contributed by atoms with van der Waals surface area (Å²) in [6.07, 6.45) is -2.97. The summed E-state index contributed by atoms with van der Waals surface area (Å²) in [5.74, 6) is -3.98. The third kappa shape index (κ3) is 3.08. The lowest BCUT2D eigenvalue weighted by Crippen LogP contribution is -2.34. The molecule has 0 radical (unpaired) electrons. The average molecular weight is 304 g/mol. The van der Waals surface area contributed by atoms with E-state index in [4.69, 9.17) is 5.11 Å². The molecule has 21 heavy (non-hydrogen) atoms. The highest BCUT2D eigenvalue weighted by molar-refractivity contribution is 5.88. The van der Waals surface area contributed by atoms with E-state index in [1.807, 2.05) is 0 Å². The van der Waals surface area contributed by atoms with Crippen LogP contribution in [0.4, 0.5) is 13.2 Å². The van der Waals surface area contributed by atoms with E-state index >= 15 is 0 Å². The highest BCUT2D eigenvalue weighted by Crippen LogP contribution is 2.45. The van der Waals surface area contributed by atoms with Crippen LogP contribution in [0.25, 0.3) is 0 Å². The van der Waals surface area contributed by atoms with Crippen molar-refractivity contribution in [3.05, 3.63) is 27.4 Å². The lowest BCUT2D eigenvalue weighted by atomic mass is 9.78. The van der Waals surface area contributed by atoms with Gasteiger partial charge in [0.15, 0.2) is 0 Å². The molecule has 2 N–H and O–H groups in total. The van der Waals surface area contributed by atoms with Gasteiger partial charge in [-0.25, -0.2) is 9.78 Å². The maximum atomic E-state index is 13.1. The molecule has 8 heteroatoms. The van der Waals surface area contributed by atoms with Crippen LogP contribution in [-0.2, 0) is 0 Å². The van der Waals surface area contributed by atoms with Gasteiger partial charge in [0.25, 0.3) is 5.56 Å². The molecule has 2 atom stereocenters. The standard InChI is InChI=1S/C13H15F3N2O3/c1-6-9(12(20)21)11(19)18-10(17-6)7-4-2-3-5-8(7)13(14,15)16/h7-8H,2-5H2,1H3,(H,20,21)(H,17,18,19). The number of nitrogens with one attached hydrogen (secondary N) is 1. The summed E-state index contributed by atoms with van der Waals surface area (Å²) in [5.41, 5.74) is -1.50.